The van der Waals surface area contributed by atoms with E-state index in [9.17, 15) is 0 Å². The van der Waals surface area contributed by atoms with Gasteiger partial charge >= 0.3 is 0 Å². The van der Waals surface area contributed by atoms with Crippen molar-refractivity contribution >= 4 is 0 Å². The molecule has 0 aliphatic carbocycles. The van der Waals surface area contributed by atoms with E-state index in [4.69, 9.17) is 0 Å². The fraction of sp³-hybridized carbons (Fsp3) is 1.00. The lowest BCUT2D eigenvalue weighted by Crippen LogP contribution is -2.39. The van der Waals surface area contributed by atoms with Crippen LogP contribution in [0.1, 0.15) is 45.4 Å². The number of hydrogen-bond acceptors (Lipinski definition) is 2. The molecule has 2 fully saturated rings. The Balaban J connectivity index is 1.67. The summed E-state index contributed by atoms with van der Waals surface area (Å²) in [6.45, 7) is 7.47. The number of piperidine rings is 2. The van der Waals surface area contributed by atoms with Gasteiger partial charge in [-0.1, -0.05) is 13.3 Å². The molecule has 0 spiro atoms. The largest absolute Gasteiger partial charge is 0.314 e. The van der Waals surface area contributed by atoms with Crippen LogP contribution in [0.25, 0.3) is 0 Å². The molecule has 0 bridgehead atoms. The second-order valence-corrected chi connectivity index (χ2v) is 5.26. The molecule has 2 nitrogen and oxygen atoms in total. The van der Waals surface area contributed by atoms with Crippen molar-refractivity contribution in [3.05, 3.63) is 0 Å². The molecule has 0 saturated carbocycles. The Hall–Kier alpha value is -0.0800. The van der Waals surface area contributed by atoms with E-state index in [1.807, 2.05) is 0 Å². The molecule has 1 atom stereocenters. The van der Waals surface area contributed by atoms with Gasteiger partial charge < -0.3 is 10.2 Å². The molecule has 15 heavy (non-hydrogen) atoms. The molecule has 2 saturated heterocycles. The zero-order valence-electron chi connectivity index (χ0n) is 10.2. The lowest BCUT2D eigenvalue weighted by molar-refractivity contribution is 0.173. The summed E-state index contributed by atoms with van der Waals surface area (Å²) in [7, 11) is 0. The van der Waals surface area contributed by atoms with Gasteiger partial charge in [-0.15, -0.1) is 0 Å². The van der Waals surface area contributed by atoms with Crippen molar-refractivity contribution in [2.75, 3.05) is 26.2 Å². The van der Waals surface area contributed by atoms with Crippen molar-refractivity contribution in [2.24, 2.45) is 5.92 Å². The van der Waals surface area contributed by atoms with E-state index in [-0.39, 0.29) is 0 Å². The number of hydrogen-bond donors (Lipinski definition) is 1. The standard InChI is InChI=1S/C13H26N2/c1-2-15-9-6-12(7-10-15)11-13-5-3-4-8-14-13/h12-14H,2-11H2,1H3/t13-/m0/s1. The Morgan fingerprint density at radius 1 is 1.13 bits per heavy atom. The molecule has 88 valence electrons. The number of nitrogens with zero attached hydrogens (tertiary/aromatic N) is 1. The van der Waals surface area contributed by atoms with Gasteiger partial charge in [0.1, 0.15) is 0 Å². The van der Waals surface area contributed by atoms with Crippen LogP contribution in [0.3, 0.4) is 0 Å². The van der Waals surface area contributed by atoms with Crippen LogP contribution >= 0.6 is 0 Å². The third-order valence-corrected chi connectivity index (χ3v) is 4.18. The van der Waals surface area contributed by atoms with E-state index in [2.05, 4.69) is 17.1 Å². The smallest absolute Gasteiger partial charge is 0.00697 e. The van der Waals surface area contributed by atoms with Crippen LogP contribution in [-0.2, 0) is 0 Å². The molecule has 0 aromatic carbocycles. The highest BCUT2D eigenvalue weighted by Gasteiger charge is 2.22. The second-order valence-electron chi connectivity index (χ2n) is 5.26. The first-order valence-corrected chi connectivity index (χ1v) is 6.84. The molecule has 0 aromatic rings. The fourth-order valence-corrected chi connectivity index (χ4v) is 3.07. The maximum absolute atomic E-state index is 3.68. The van der Waals surface area contributed by atoms with Crippen LogP contribution in [0, 0.1) is 5.92 Å². The van der Waals surface area contributed by atoms with Gasteiger partial charge in [-0.25, -0.2) is 0 Å². The highest BCUT2D eigenvalue weighted by atomic mass is 15.1. The quantitative estimate of drug-likeness (QED) is 0.768. The zero-order valence-corrected chi connectivity index (χ0v) is 10.2. The van der Waals surface area contributed by atoms with Crippen LogP contribution in [0.5, 0.6) is 0 Å². The van der Waals surface area contributed by atoms with E-state index in [0.29, 0.717) is 0 Å². The topological polar surface area (TPSA) is 15.3 Å². The second kappa shape index (κ2) is 5.86. The molecule has 2 heterocycles. The molecule has 2 aliphatic heterocycles. The van der Waals surface area contributed by atoms with Gasteiger partial charge in [0.25, 0.3) is 0 Å². The summed E-state index contributed by atoms with van der Waals surface area (Å²) < 4.78 is 0. The van der Waals surface area contributed by atoms with Gasteiger partial charge in [0.05, 0.1) is 0 Å². The van der Waals surface area contributed by atoms with E-state index in [0.717, 1.165) is 12.0 Å². The Bertz CT molecular complexity index is 167. The minimum absolute atomic E-state index is 0.844. The van der Waals surface area contributed by atoms with Crippen LogP contribution in [0.4, 0.5) is 0 Å². The van der Waals surface area contributed by atoms with Gasteiger partial charge in [0, 0.05) is 6.04 Å². The Morgan fingerprint density at radius 2 is 1.93 bits per heavy atom. The minimum atomic E-state index is 0.844. The van der Waals surface area contributed by atoms with Crippen molar-refractivity contribution in [3.63, 3.8) is 0 Å². The summed E-state index contributed by atoms with van der Waals surface area (Å²) in [4.78, 5) is 2.59. The first-order valence-electron chi connectivity index (χ1n) is 6.84. The van der Waals surface area contributed by atoms with E-state index < -0.39 is 0 Å². The monoisotopic (exact) mass is 210 g/mol. The van der Waals surface area contributed by atoms with Crippen molar-refractivity contribution in [1.82, 2.24) is 10.2 Å². The average molecular weight is 210 g/mol. The third kappa shape index (κ3) is 3.46. The zero-order chi connectivity index (χ0) is 10.5. The highest BCUT2D eigenvalue weighted by Crippen LogP contribution is 2.24. The first kappa shape index (κ1) is 11.4. The molecule has 0 unspecified atom stereocenters. The van der Waals surface area contributed by atoms with Crippen molar-refractivity contribution in [3.8, 4) is 0 Å². The van der Waals surface area contributed by atoms with Crippen molar-refractivity contribution in [1.29, 1.82) is 0 Å². The normalized spacial score (nSPS) is 30.6. The molecule has 0 amide bonds. The van der Waals surface area contributed by atoms with Gasteiger partial charge in [0.2, 0.25) is 0 Å². The van der Waals surface area contributed by atoms with Crippen LogP contribution < -0.4 is 5.32 Å². The van der Waals surface area contributed by atoms with Gasteiger partial charge in [-0.2, -0.15) is 0 Å². The van der Waals surface area contributed by atoms with Crippen LogP contribution in [0.15, 0.2) is 0 Å². The predicted molar refractivity (Wildman–Crippen MR) is 65.1 cm³/mol. The molecule has 0 radical (unpaired) electrons. The molecule has 2 rings (SSSR count). The summed E-state index contributed by atoms with van der Waals surface area (Å²) >= 11 is 0. The SMILES string of the molecule is CCN1CCC(C[C@@H]2CCCCN2)CC1. The van der Waals surface area contributed by atoms with Crippen molar-refractivity contribution in [2.45, 2.75) is 51.5 Å². The van der Waals surface area contributed by atoms with E-state index >= 15 is 0 Å². The minimum Gasteiger partial charge on any atom is -0.314 e. The first-order chi connectivity index (χ1) is 7.38. The fourth-order valence-electron chi connectivity index (χ4n) is 3.07. The maximum atomic E-state index is 3.68. The van der Waals surface area contributed by atoms with Crippen molar-refractivity contribution < 1.29 is 0 Å². The van der Waals surface area contributed by atoms with Crippen LogP contribution in [0.2, 0.25) is 0 Å². The number of nitrogens with one attached hydrogen (secondary N) is 1. The Kier molecular flexibility index (Phi) is 4.45. The van der Waals surface area contributed by atoms with Gasteiger partial charge in [-0.05, 0) is 64.2 Å². The molecule has 1 N–H and O–H groups in total. The van der Waals surface area contributed by atoms with E-state index in [1.54, 1.807) is 0 Å². The molecule has 2 aliphatic rings. The predicted octanol–water partition coefficient (Wildman–Crippen LogP) is 2.25. The molecule has 0 aromatic heterocycles. The number of rotatable bonds is 3. The maximum Gasteiger partial charge on any atom is 0.00697 e. The highest BCUT2D eigenvalue weighted by molar-refractivity contribution is 4.79. The Labute approximate surface area is 94.4 Å². The molecule has 2 heteroatoms. The summed E-state index contributed by atoms with van der Waals surface area (Å²) in [5.74, 6) is 1.00. The summed E-state index contributed by atoms with van der Waals surface area (Å²) in [5, 5.41) is 3.68. The third-order valence-electron chi connectivity index (χ3n) is 4.18. The Morgan fingerprint density at radius 3 is 2.53 bits per heavy atom. The summed E-state index contributed by atoms with van der Waals surface area (Å²) in [5.41, 5.74) is 0. The van der Waals surface area contributed by atoms with E-state index in [1.165, 1.54) is 64.7 Å². The van der Waals surface area contributed by atoms with Crippen LogP contribution in [-0.4, -0.2) is 37.1 Å². The lowest BCUT2D eigenvalue weighted by atomic mass is 9.87. The van der Waals surface area contributed by atoms with Gasteiger partial charge in [-0.3, -0.25) is 0 Å². The summed E-state index contributed by atoms with van der Waals surface area (Å²) in [6, 6.07) is 0.844. The van der Waals surface area contributed by atoms with Gasteiger partial charge in [0.15, 0.2) is 0 Å². The summed E-state index contributed by atoms with van der Waals surface area (Å²) in [6.07, 6.45) is 8.58. The molecular weight excluding hydrogens is 184 g/mol. The molecular formula is C13H26N2. The lowest BCUT2D eigenvalue weighted by Gasteiger charge is -2.34. The average Bonchev–Trinajstić information content (AvgIpc) is 2.31. The number of likely N-dealkylation sites (tertiary alicyclic amines) is 1.